The molecule has 1 rings (SSSR count). The smallest absolute Gasteiger partial charge is 0.328 e. The summed E-state index contributed by atoms with van der Waals surface area (Å²) < 4.78 is 5.01. The van der Waals surface area contributed by atoms with E-state index in [1.807, 2.05) is 0 Å². The van der Waals surface area contributed by atoms with Crippen molar-refractivity contribution in [2.45, 2.75) is 10.9 Å². The van der Waals surface area contributed by atoms with E-state index in [-0.39, 0.29) is 18.8 Å². The standard InChI is InChI=1S/C14H16N2O6S/c1-3-6-22-8-11(14(18)19)15-13(17)10-7-9(23-2)4-5-12(10)16(20)21/h3-5,7,11H,1,6,8H2,2H3,(H,15,17)(H,18,19). The van der Waals surface area contributed by atoms with E-state index in [9.17, 15) is 19.7 Å². The van der Waals surface area contributed by atoms with Gasteiger partial charge in [0, 0.05) is 11.0 Å². The molecule has 1 amide bonds. The number of ether oxygens (including phenoxy) is 1. The van der Waals surface area contributed by atoms with Crippen molar-refractivity contribution in [2.24, 2.45) is 0 Å². The van der Waals surface area contributed by atoms with Crippen molar-refractivity contribution < 1.29 is 24.4 Å². The summed E-state index contributed by atoms with van der Waals surface area (Å²) in [5, 5.41) is 22.3. The largest absolute Gasteiger partial charge is 0.480 e. The fourth-order valence-corrected chi connectivity index (χ4v) is 2.10. The van der Waals surface area contributed by atoms with Crippen LogP contribution >= 0.6 is 11.8 Å². The Kier molecular flexibility index (Phi) is 7.23. The molecule has 0 radical (unpaired) electrons. The Morgan fingerprint density at radius 1 is 1.57 bits per heavy atom. The average Bonchev–Trinajstić information content (AvgIpc) is 2.52. The summed E-state index contributed by atoms with van der Waals surface area (Å²) in [5.74, 6) is -2.15. The van der Waals surface area contributed by atoms with E-state index < -0.39 is 28.5 Å². The molecule has 1 atom stereocenters. The first kappa shape index (κ1) is 18.7. The number of thioether (sulfide) groups is 1. The highest BCUT2D eigenvalue weighted by atomic mass is 32.2. The van der Waals surface area contributed by atoms with E-state index in [2.05, 4.69) is 11.9 Å². The van der Waals surface area contributed by atoms with Gasteiger partial charge in [-0.2, -0.15) is 0 Å². The molecule has 0 aromatic heterocycles. The molecule has 0 saturated carbocycles. The number of aliphatic carboxylic acids is 1. The number of carbonyl (C=O) groups is 2. The lowest BCUT2D eigenvalue weighted by Gasteiger charge is -2.14. The van der Waals surface area contributed by atoms with Crippen molar-refractivity contribution in [1.29, 1.82) is 0 Å². The fourth-order valence-electron chi connectivity index (χ4n) is 1.66. The lowest BCUT2D eigenvalue weighted by molar-refractivity contribution is -0.385. The zero-order valence-corrected chi connectivity index (χ0v) is 13.2. The molecule has 0 heterocycles. The predicted octanol–water partition coefficient (Wildman–Crippen LogP) is 1.70. The van der Waals surface area contributed by atoms with Gasteiger partial charge in [0.2, 0.25) is 0 Å². The molecule has 0 bridgehead atoms. The van der Waals surface area contributed by atoms with Gasteiger partial charge in [-0.1, -0.05) is 6.08 Å². The van der Waals surface area contributed by atoms with Crippen LogP contribution in [0.25, 0.3) is 0 Å². The Bertz CT molecular complexity index is 619. The number of carbonyl (C=O) groups excluding carboxylic acids is 1. The number of benzene rings is 1. The molecule has 1 unspecified atom stereocenters. The SMILES string of the molecule is C=CCOCC(NC(=O)c1cc(SC)ccc1[N+](=O)[O-])C(=O)O. The van der Waals surface area contributed by atoms with Gasteiger partial charge in [-0.15, -0.1) is 18.3 Å². The molecule has 23 heavy (non-hydrogen) atoms. The highest BCUT2D eigenvalue weighted by Crippen LogP contribution is 2.24. The number of nitrogens with zero attached hydrogens (tertiary/aromatic N) is 1. The molecule has 0 aliphatic rings. The Morgan fingerprint density at radius 3 is 2.78 bits per heavy atom. The van der Waals surface area contributed by atoms with Gasteiger partial charge in [-0.05, 0) is 18.4 Å². The van der Waals surface area contributed by atoms with Crippen LogP contribution in [0.15, 0.2) is 35.7 Å². The highest BCUT2D eigenvalue weighted by Gasteiger charge is 2.26. The normalized spacial score (nSPS) is 11.5. The first-order valence-corrected chi connectivity index (χ1v) is 7.68. The monoisotopic (exact) mass is 340 g/mol. The van der Waals surface area contributed by atoms with Crippen LogP contribution in [0.4, 0.5) is 5.69 Å². The summed E-state index contributed by atoms with van der Waals surface area (Å²) in [6.45, 7) is 3.28. The Labute approximate surface area is 136 Å². The maximum Gasteiger partial charge on any atom is 0.328 e. The molecule has 2 N–H and O–H groups in total. The van der Waals surface area contributed by atoms with E-state index in [0.717, 1.165) is 0 Å². The molecular weight excluding hydrogens is 324 g/mol. The topological polar surface area (TPSA) is 119 Å². The number of nitro benzene ring substituents is 1. The first-order valence-electron chi connectivity index (χ1n) is 6.45. The maximum absolute atomic E-state index is 12.2. The maximum atomic E-state index is 12.2. The Hall–Kier alpha value is -2.39. The molecule has 0 saturated heterocycles. The third-order valence-corrected chi connectivity index (χ3v) is 3.49. The summed E-state index contributed by atoms with van der Waals surface area (Å²) in [5.41, 5.74) is -0.590. The van der Waals surface area contributed by atoms with E-state index in [1.165, 1.54) is 36.0 Å². The Morgan fingerprint density at radius 2 is 2.26 bits per heavy atom. The number of amides is 1. The van der Waals surface area contributed by atoms with Crippen LogP contribution in [0.2, 0.25) is 0 Å². The van der Waals surface area contributed by atoms with Gasteiger partial charge < -0.3 is 15.2 Å². The first-order chi connectivity index (χ1) is 10.9. The van der Waals surface area contributed by atoms with Gasteiger partial charge >= 0.3 is 5.97 Å². The van der Waals surface area contributed by atoms with E-state index in [0.29, 0.717) is 4.90 Å². The van der Waals surface area contributed by atoms with Gasteiger partial charge in [0.1, 0.15) is 5.56 Å². The van der Waals surface area contributed by atoms with Crippen LogP contribution in [-0.4, -0.2) is 47.4 Å². The molecule has 8 nitrogen and oxygen atoms in total. The van der Waals surface area contributed by atoms with E-state index >= 15 is 0 Å². The number of nitro groups is 1. The molecular formula is C14H16N2O6S. The second-order valence-electron chi connectivity index (χ2n) is 4.33. The second-order valence-corrected chi connectivity index (χ2v) is 5.21. The number of carboxylic acid groups (broad SMARTS) is 1. The average molecular weight is 340 g/mol. The minimum absolute atomic E-state index is 0.127. The van der Waals surface area contributed by atoms with Crippen molar-refractivity contribution in [3.05, 3.63) is 46.5 Å². The van der Waals surface area contributed by atoms with Gasteiger partial charge in [0.05, 0.1) is 18.1 Å². The van der Waals surface area contributed by atoms with Crippen LogP contribution in [0.5, 0.6) is 0 Å². The second kappa shape index (κ2) is 8.91. The van der Waals surface area contributed by atoms with Crippen LogP contribution < -0.4 is 5.32 Å². The quantitative estimate of drug-likeness (QED) is 0.231. The molecule has 0 aliphatic carbocycles. The molecule has 1 aromatic carbocycles. The van der Waals surface area contributed by atoms with Gasteiger partial charge in [0.15, 0.2) is 6.04 Å². The van der Waals surface area contributed by atoms with Crippen LogP contribution in [0, 0.1) is 10.1 Å². The van der Waals surface area contributed by atoms with Crippen molar-refractivity contribution >= 4 is 29.3 Å². The lowest BCUT2D eigenvalue weighted by atomic mass is 10.1. The minimum Gasteiger partial charge on any atom is -0.480 e. The van der Waals surface area contributed by atoms with Crippen LogP contribution in [-0.2, 0) is 9.53 Å². The van der Waals surface area contributed by atoms with Crippen molar-refractivity contribution in [2.75, 3.05) is 19.5 Å². The molecule has 0 aliphatic heterocycles. The van der Waals surface area contributed by atoms with Gasteiger partial charge in [-0.3, -0.25) is 14.9 Å². The Balaban J connectivity index is 2.99. The summed E-state index contributed by atoms with van der Waals surface area (Å²) in [6, 6.07) is 2.76. The van der Waals surface area contributed by atoms with Crippen LogP contribution in [0.1, 0.15) is 10.4 Å². The molecule has 0 fully saturated rings. The fraction of sp³-hybridized carbons (Fsp3) is 0.286. The highest BCUT2D eigenvalue weighted by molar-refractivity contribution is 7.98. The summed E-state index contributed by atoms with van der Waals surface area (Å²) in [4.78, 5) is 34.3. The third-order valence-electron chi connectivity index (χ3n) is 2.77. The number of nitrogens with one attached hydrogen (secondary N) is 1. The number of hydrogen-bond donors (Lipinski definition) is 2. The minimum atomic E-state index is -1.32. The van der Waals surface area contributed by atoms with E-state index in [4.69, 9.17) is 9.84 Å². The van der Waals surface area contributed by atoms with E-state index in [1.54, 1.807) is 6.26 Å². The summed E-state index contributed by atoms with van der Waals surface area (Å²) in [6.07, 6.45) is 3.19. The van der Waals surface area contributed by atoms with Crippen LogP contribution in [0.3, 0.4) is 0 Å². The zero-order chi connectivity index (χ0) is 17.4. The number of rotatable bonds is 9. The summed E-state index contributed by atoms with van der Waals surface area (Å²) in [7, 11) is 0. The molecule has 1 aromatic rings. The van der Waals surface area contributed by atoms with Crippen molar-refractivity contribution in [1.82, 2.24) is 5.32 Å². The summed E-state index contributed by atoms with van der Waals surface area (Å²) >= 11 is 1.31. The van der Waals surface area contributed by atoms with Crippen molar-refractivity contribution in [3.63, 3.8) is 0 Å². The van der Waals surface area contributed by atoms with Crippen molar-refractivity contribution in [3.8, 4) is 0 Å². The number of carboxylic acids is 1. The lowest BCUT2D eigenvalue weighted by Crippen LogP contribution is -2.44. The molecule has 124 valence electrons. The zero-order valence-electron chi connectivity index (χ0n) is 12.4. The molecule has 0 spiro atoms. The molecule has 9 heteroatoms. The predicted molar refractivity (Wildman–Crippen MR) is 84.8 cm³/mol. The van der Waals surface area contributed by atoms with Gasteiger partial charge in [0.25, 0.3) is 11.6 Å². The third kappa shape index (κ3) is 5.38. The number of hydrogen-bond acceptors (Lipinski definition) is 6. The van der Waals surface area contributed by atoms with Gasteiger partial charge in [-0.25, -0.2) is 4.79 Å².